The summed E-state index contributed by atoms with van der Waals surface area (Å²) >= 11 is 0. The molecule has 0 N–H and O–H groups in total. The molecule has 2 aromatic carbocycles. The van der Waals surface area contributed by atoms with Crippen LogP contribution in [-0.2, 0) is 22.3 Å². The third-order valence-electron chi connectivity index (χ3n) is 4.70. The van der Waals surface area contributed by atoms with Crippen LogP contribution in [0.25, 0.3) is 0 Å². The summed E-state index contributed by atoms with van der Waals surface area (Å²) in [6.07, 6.45) is -4.62. The second-order valence-corrected chi connectivity index (χ2v) is 6.74. The molecule has 28 heavy (non-hydrogen) atoms. The van der Waals surface area contributed by atoms with Crippen molar-refractivity contribution < 1.29 is 27.2 Å². The van der Waals surface area contributed by atoms with Crippen molar-refractivity contribution in [3.63, 3.8) is 0 Å². The molecule has 1 fully saturated rings. The van der Waals surface area contributed by atoms with Gasteiger partial charge >= 0.3 is 6.18 Å². The number of benzene rings is 2. The van der Waals surface area contributed by atoms with Crippen molar-refractivity contribution in [3.05, 3.63) is 65.5 Å². The van der Waals surface area contributed by atoms with Crippen molar-refractivity contribution in [1.29, 1.82) is 0 Å². The summed E-state index contributed by atoms with van der Waals surface area (Å²) in [6, 6.07) is 10.5. The Balaban J connectivity index is 1.72. The first kappa shape index (κ1) is 19.9. The average Bonchev–Trinajstić information content (AvgIpc) is 3.04. The van der Waals surface area contributed by atoms with Gasteiger partial charge < -0.3 is 9.80 Å². The number of rotatable bonds is 4. The Morgan fingerprint density at radius 2 is 1.89 bits per heavy atom. The Labute approximate surface area is 159 Å². The summed E-state index contributed by atoms with van der Waals surface area (Å²) in [7, 11) is 1.51. The van der Waals surface area contributed by atoms with Crippen LogP contribution in [0.5, 0.6) is 0 Å². The van der Waals surface area contributed by atoms with Crippen LogP contribution in [-0.4, -0.2) is 30.3 Å². The van der Waals surface area contributed by atoms with Crippen LogP contribution in [0.1, 0.15) is 17.5 Å². The summed E-state index contributed by atoms with van der Waals surface area (Å²) in [5, 5.41) is 0. The molecule has 148 valence electrons. The lowest BCUT2D eigenvalue weighted by atomic mass is 10.1. The van der Waals surface area contributed by atoms with Gasteiger partial charge in [0.05, 0.1) is 11.5 Å². The molecule has 2 amide bonds. The van der Waals surface area contributed by atoms with Gasteiger partial charge in [0.25, 0.3) is 0 Å². The fourth-order valence-electron chi connectivity index (χ4n) is 3.24. The molecule has 0 radical (unpaired) electrons. The summed E-state index contributed by atoms with van der Waals surface area (Å²) in [5.74, 6) is -1.91. The Morgan fingerprint density at radius 3 is 2.57 bits per heavy atom. The van der Waals surface area contributed by atoms with Gasteiger partial charge in [-0.1, -0.05) is 24.3 Å². The fraction of sp³-hybridized carbons (Fsp3) is 0.300. The number of carbonyl (C=O) groups is 2. The number of alkyl halides is 3. The van der Waals surface area contributed by atoms with Crippen molar-refractivity contribution in [2.75, 3.05) is 18.5 Å². The molecule has 0 aliphatic carbocycles. The van der Waals surface area contributed by atoms with Crippen LogP contribution >= 0.6 is 0 Å². The lowest BCUT2D eigenvalue weighted by molar-refractivity contribution is -0.137. The van der Waals surface area contributed by atoms with Crippen LogP contribution in [0.3, 0.4) is 0 Å². The van der Waals surface area contributed by atoms with Crippen molar-refractivity contribution in [2.24, 2.45) is 5.92 Å². The van der Waals surface area contributed by atoms with Crippen molar-refractivity contribution in [2.45, 2.75) is 19.1 Å². The number of hydrogen-bond donors (Lipinski definition) is 0. The molecule has 1 aliphatic heterocycles. The second-order valence-electron chi connectivity index (χ2n) is 6.74. The predicted molar refractivity (Wildman–Crippen MR) is 94.8 cm³/mol. The van der Waals surface area contributed by atoms with Gasteiger partial charge in [0.1, 0.15) is 5.82 Å². The molecule has 0 bridgehead atoms. The average molecular weight is 394 g/mol. The maximum atomic E-state index is 13.8. The summed E-state index contributed by atoms with van der Waals surface area (Å²) in [4.78, 5) is 27.5. The first-order chi connectivity index (χ1) is 13.2. The van der Waals surface area contributed by atoms with E-state index in [1.165, 1.54) is 35.0 Å². The maximum absolute atomic E-state index is 13.8. The molecular formula is C20H18F4N2O2. The topological polar surface area (TPSA) is 40.6 Å². The normalized spacial score (nSPS) is 17.1. The Morgan fingerprint density at radius 1 is 1.18 bits per heavy atom. The van der Waals surface area contributed by atoms with E-state index in [9.17, 15) is 27.2 Å². The van der Waals surface area contributed by atoms with E-state index in [4.69, 9.17) is 0 Å². The quantitative estimate of drug-likeness (QED) is 0.739. The summed E-state index contributed by atoms with van der Waals surface area (Å²) < 4.78 is 52.5. The van der Waals surface area contributed by atoms with Crippen LogP contribution in [0, 0.1) is 11.7 Å². The van der Waals surface area contributed by atoms with E-state index in [1.54, 1.807) is 18.2 Å². The molecule has 1 atom stereocenters. The maximum Gasteiger partial charge on any atom is 0.416 e. The summed E-state index contributed by atoms with van der Waals surface area (Å²) in [5.41, 5.74) is -0.409. The van der Waals surface area contributed by atoms with Crippen molar-refractivity contribution >= 4 is 17.5 Å². The van der Waals surface area contributed by atoms with Crippen LogP contribution < -0.4 is 4.90 Å². The molecule has 0 saturated carbocycles. The standard InChI is InChI=1S/C20H18F4N2O2/c1-25(11-13-5-2-3-8-17(13)21)19(28)14-9-18(27)26(12-14)16-7-4-6-15(10-16)20(22,23)24/h2-8,10,14H,9,11-12H2,1H3. The number of halogens is 4. The van der Waals surface area contributed by atoms with E-state index in [0.717, 1.165) is 12.1 Å². The molecular weight excluding hydrogens is 376 g/mol. The van der Waals surface area contributed by atoms with E-state index in [2.05, 4.69) is 0 Å². The Bertz CT molecular complexity index is 898. The van der Waals surface area contributed by atoms with Crippen molar-refractivity contribution in [1.82, 2.24) is 4.90 Å². The highest BCUT2D eigenvalue weighted by Gasteiger charge is 2.38. The second kappa shape index (κ2) is 7.61. The fourth-order valence-corrected chi connectivity index (χ4v) is 3.24. The molecule has 8 heteroatoms. The highest BCUT2D eigenvalue weighted by molar-refractivity contribution is 6.00. The SMILES string of the molecule is CN(Cc1ccccc1F)C(=O)C1CC(=O)N(c2cccc(C(F)(F)F)c2)C1. The number of amides is 2. The summed E-state index contributed by atoms with van der Waals surface area (Å²) in [6.45, 7) is 0.0281. The monoisotopic (exact) mass is 394 g/mol. The molecule has 0 spiro atoms. The van der Waals surface area contributed by atoms with Gasteiger partial charge in [0, 0.05) is 37.8 Å². The van der Waals surface area contributed by atoms with E-state index in [0.29, 0.717) is 5.56 Å². The number of hydrogen-bond acceptors (Lipinski definition) is 2. The number of nitrogens with zero attached hydrogens (tertiary/aromatic N) is 2. The van der Waals surface area contributed by atoms with Gasteiger partial charge in [-0.25, -0.2) is 4.39 Å². The smallest absolute Gasteiger partial charge is 0.341 e. The van der Waals surface area contributed by atoms with Gasteiger partial charge in [0.2, 0.25) is 11.8 Å². The van der Waals surface area contributed by atoms with Gasteiger partial charge in [-0.05, 0) is 24.3 Å². The highest BCUT2D eigenvalue weighted by Crippen LogP contribution is 2.33. The number of anilines is 1. The molecule has 4 nitrogen and oxygen atoms in total. The van der Waals surface area contributed by atoms with Gasteiger partial charge in [0.15, 0.2) is 0 Å². The zero-order chi connectivity index (χ0) is 20.5. The Hall–Kier alpha value is -2.90. The van der Waals surface area contributed by atoms with Crippen LogP contribution in [0.2, 0.25) is 0 Å². The molecule has 2 aromatic rings. The van der Waals surface area contributed by atoms with E-state index in [-0.39, 0.29) is 31.1 Å². The van der Waals surface area contributed by atoms with Gasteiger partial charge in [-0.2, -0.15) is 13.2 Å². The Kier molecular flexibility index (Phi) is 5.40. The van der Waals surface area contributed by atoms with Crippen LogP contribution in [0.4, 0.5) is 23.2 Å². The van der Waals surface area contributed by atoms with Crippen LogP contribution in [0.15, 0.2) is 48.5 Å². The molecule has 1 unspecified atom stereocenters. The molecule has 1 aliphatic rings. The van der Waals surface area contributed by atoms with E-state index in [1.807, 2.05) is 0 Å². The lowest BCUT2D eigenvalue weighted by Crippen LogP contribution is -2.34. The van der Waals surface area contributed by atoms with Gasteiger partial charge in [-0.3, -0.25) is 9.59 Å². The first-order valence-electron chi connectivity index (χ1n) is 8.63. The minimum absolute atomic E-state index is 0.0133. The zero-order valence-electron chi connectivity index (χ0n) is 15.0. The van der Waals surface area contributed by atoms with Crippen molar-refractivity contribution in [3.8, 4) is 0 Å². The number of carbonyl (C=O) groups excluding carboxylic acids is 2. The lowest BCUT2D eigenvalue weighted by Gasteiger charge is -2.22. The zero-order valence-corrected chi connectivity index (χ0v) is 15.0. The van der Waals surface area contributed by atoms with E-state index >= 15 is 0 Å². The molecule has 3 rings (SSSR count). The largest absolute Gasteiger partial charge is 0.416 e. The molecule has 0 aromatic heterocycles. The third kappa shape index (κ3) is 4.16. The predicted octanol–water partition coefficient (Wildman–Crippen LogP) is 3.86. The van der Waals surface area contributed by atoms with E-state index < -0.39 is 29.4 Å². The third-order valence-corrected chi connectivity index (χ3v) is 4.70. The minimum atomic E-state index is -4.52. The highest BCUT2D eigenvalue weighted by atomic mass is 19.4. The molecule has 1 heterocycles. The van der Waals surface area contributed by atoms with Gasteiger partial charge in [-0.15, -0.1) is 0 Å². The molecule has 1 saturated heterocycles. The first-order valence-corrected chi connectivity index (χ1v) is 8.63. The minimum Gasteiger partial charge on any atom is -0.341 e.